The first kappa shape index (κ1) is 9.52. The summed E-state index contributed by atoms with van der Waals surface area (Å²) in [4.78, 5) is 0. The van der Waals surface area contributed by atoms with E-state index in [4.69, 9.17) is 15.3 Å². The van der Waals surface area contributed by atoms with Crippen molar-refractivity contribution in [1.29, 1.82) is 5.26 Å². The van der Waals surface area contributed by atoms with Crippen molar-refractivity contribution >= 4 is 18.7 Å². The summed E-state index contributed by atoms with van der Waals surface area (Å²) in [7, 11) is -1.46. The summed E-state index contributed by atoms with van der Waals surface area (Å²) in [5, 5.41) is 26.0. The van der Waals surface area contributed by atoms with E-state index in [2.05, 4.69) is 0 Å². The van der Waals surface area contributed by atoms with Gasteiger partial charge in [0.25, 0.3) is 0 Å². The quantitative estimate of drug-likeness (QED) is 0.484. The summed E-state index contributed by atoms with van der Waals surface area (Å²) in [6.45, 7) is 0. The average molecular weight is 173 g/mol. The Kier molecular flexibility index (Phi) is 3.27. The van der Waals surface area contributed by atoms with Crippen LogP contribution >= 0.6 is 0 Å². The topological polar surface area (TPSA) is 64.2 Å². The Morgan fingerprint density at radius 1 is 1.38 bits per heavy atom. The van der Waals surface area contributed by atoms with Crippen molar-refractivity contribution in [2.24, 2.45) is 0 Å². The summed E-state index contributed by atoms with van der Waals surface area (Å²) >= 11 is 0. The summed E-state index contributed by atoms with van der Waals surface area (Å²) in [5.74, 6) is 0. The van der Waals surface area contributed by atoms with Crippen molar-refractivity contribution in [1.82, 2.24) is 0 Å². The second kappa shape index (κ2) is 4.46. The van der Waals surface area contributed by atoms with Gasteiger partial charge in [0.1, 0.15) is 0 Å². The number of nitrogens with zero attached hydrogens (tertiary/aromatic N) is 1. The molecule has 3 nitrogen and oxygen atoms in total. The van der Waals surface area contributed by atoms with E-state index in [9.17, 15) is 0 Å². The van der Waals surface area contributed by atoms with Gasteiger partial charge in [-0.3, -0.25) is 0 Å². The average Bonchev–Trinajstić information content (AvgIpc) is 2.15. The van der Waals surface area contributed by atoms with Crippen LogP contribution in [0.1, 0.15) is 5.56 Å². The molecule has 0 spiro atoms. The normalized spacial score (nSPS) is 9.92. The van der Waals surface area contributed by atoms with Crippen LogP contribution in [0.4, 0.5) is 0 Å². The van der Waals surface area contributed by atoms with Gasteiger partial charge in [-0.05, 0) is 17.1 Å². The monoisotopic (exact) mass is 173 g/mol. The molecular formula is C9H8BNO2. The molecule has 64 valence electrons. The number of allylic oxidation sites excluding steroid dienone is 1. The third-order valence-corrected chi connectivity index (χ3v) is 1.56. The first-order valence-electron chi connectivity index (χ1n) is 3.76. The fourth-order valence-corrected chi connectivity index (χ4v) is 0.957. The van der Waals surface area contributed by atoms with Crippen molar-refractivity contribution in [3.63, 3.8) is 0 Å². The zero-order valence-corrected chi connectivity index (χ0v) is 6.88. The maximum Gasteiger partial charge on any atom is 0.488 e. The Labute approximate surface area is 76.7 Å². The molecule has 0 saturated carbocycles. The van der Waals surface area contributed by atoms with Crippen molar-refractivity contribution < 1.29 is 10.0 Å². The van der Waals surface area contributed by atoms with E-state index in [1.165, 1.54) is 6.08 Å². The molecule has 0 aliphatic carbocycles. The summed E-state index contributed by atoms with van der Waals surface area (Å²) in [6, 6.07) is 8.55. The lowest BCUT2D eigenvalue weighted by Gasteiger charge is -1.99. The van der Waals surface area contributed by atoms with Crippen LogP contribution in [-0.4, -0.2) is 17.2 Å². The van der Waals surface area contributed by atoms with Crippen LogP contribution in [0, 0.1) is 11.3 Å². The second-order valence-corrected chi connectivity index (χ2v) is 2.51. The van der Waals surface area contributed by atoms with Crippen LogP contribution < -0.4 is 5.46 Å². The van der Waals surface area contributed by atoms with Crippen molar-refractivity contribution in [3.8, 4) is 6.07 Å². The number of hydrogen-bond donors (Lipinski definition) is 2. The van der Waals surface area contributed by atoms with E-state index in [-0.39, 0.29) is 0 Å². The Hall–Kier alpha value is -1.57. The van der Waals surface area contributed by atoms with Crippen LogP contribution in [0.5, 0.6) is 0 Å². The predicted molar refractivity (Wildman–Crippen MR) is 50.9 cm³/mol. The Bertz CT molecular complexity index is 355. The fourth-order valence-electron chi connectivity index (χ4n) is 0.957. The molecule has 0 unspecified atom stereocenters. The van der Waals surface area contributed by atoms with Gasteiger partial charge < -0.3 is 10.0 Å². The van der Waals surface area contributed by atoms with Gasteiger partial charge in [0.15, 0.2) is 0 Å². The van der Waals surface area contributed by atoms with Crippen LogP contribution in [0.3, 0.4) is 0 Å². The molecule has 0 aliphatic heterocycles. The minimum Gasteiger partial charge on any atom is -0.423 e. The molecule has 0 aromatic heterocycles. The highest BCUT2D eigenvalue weighted by atomic mass is 16.4. The number of nitriles is 1. The molecule has 0 bridgehead atoms. The van der Waals surface area contributed by atoms with E-state index >= 15 is 0 Å². The van der Waals surface area contributed by atoms with Gasteiger partial charge in [0.2, 0.25) is 0 Å². The standard InChI is InChI=1S/C9H8BNO2/c11-6-2-4-8-3-1-5-9(7-8)10(12)13/h1-5,7,12-13H. The van der Waals surface area contributed by atoms with E-state index in [1.54, 1.807) is 30.3 Å². The van der Waals surface area contributed by atoms with Gasteiger partial charge in [0.05, 0.1) is 6.07 Å². The molecular weight excluding hydrogens is 165 g/mol. The van der Waals surface area contributed by atoms with Gasteiger partial charge in [-0.2, -0.15) is 5.26 Å². The predicted octanol–water partition coefficient (Wildman–Crippen LogP) is -0.0968. The van der Waals surface area contributed by atoms with Crippen LogP contribution in [0.25, 0.3) is 6.08 Å². The van der Waals surface area contributed by atoms with E-state index in [1.807, 2.05) is 6.07 Å². The van der Waals surface area contributed by atoms with Crippen LogP contribution in [0.15, 0.2) is 30.3 Å². The molecule has 0 heterocycles. The van der Waals surface area contributed by atoms with Gasteiger partial charge >= 0.3 is 7.12 Å². The zero-order chi connectivity index (χ0) is 9.68. The SMILES string of the molecule is N#CC=Cc1cccc(B(O)O)c1. The lowest BCUT2D eigenvalue weighted by molar-refractivity contribution is 0.426. The van der Waals surface area contributed by atoms with Crippen molar-refractivity contribution in [2.45, 2.75) is 0 Å². The first-order chi connectivity index (χ1) is 6.24. The molecule has 1 aromatic carbocycles. The molecule has 0 amide bonds. The maximum atomic E-state index is 8.84. The molecule has 0 saturated heterocycles. The Morgan fingerprint density at radius 2 is 2.15 bits per heavy atom. The highest BCUT2D eigenvalue weighted by Crippen LogP contribution is 1.99. The minimum atomic E-state index is -1.46. The van der Waals surface area contributed by atoms with E-state index in [0.29, 0.717) is 5.46 Å². The van der Waals surface area contributed by atoms with Crippen LogP contribution in [0.2, 0.25) is 0 Å². The maximum absolute atomic E-state index is 8.84. The van der Waals surface area contributed by atoms with Crippen molar-refractivity contribution in [2.75, 3.05) is 0 Å². The lowest BCUT2D eigenvalue weighted by atomic mass is 9.79. The van der Waals surface area contributed by atoms with Gasteiger partial charge in [0, 0.05) is 6.08 Å². The lowest BCUT2D eigenvalue weighted by Crippen LogP contribution is -2.29. The number of rotatable bonds is 2. The molecule has 0 aliphatic rings. The highest BCUT2D eigenvalue weighted by molar-refractivity contribution is 6.58. The Balaban J connectivity index is 2.93. The summed E-state index contributed by atoms with van der Waals surface area (Å²) < 4.78 is 0. The van der Waals surface area contributed by atoms with Gasteiger partial charge in [-0.1, -0.05) is 24.3 Å². The summed E-state index contributed by atoms with van der Waals surface area (Å²) in [5.41, 5.74) is 1.19. The van der Waals surface area contributed by atoms with E-state index < -0.39 is 7.12 Å². The molecule has 2 N–H and O–H groups in total. The third-order valence-electron chi connectivity index (χ3n) is 1.56. The Morgan fingerprint density at radius 3 is 2.77 bits per heavy atom. The van der Waals surface area contributed by atoms with Gasteiger partial charge in [-0.15, -0.1) is 0 Å². The molecule has 0 fully saturated rings. The molecule has 0 atom stereocenters. The third kappa shape index (κ3) is 2.75. The second-order valence-electron chi connectivity index (χ2n) is 2.51. The molecule has 1 aromatic rings. The smallest absolute Gasteiger partial charge is 0.423 e. The van der Waals surface area contributed by atoms with E-state index in [0.717, 1.165) is 5.56 Å². The zero-order valence-electron chi connectivity index (χ0n) is 6.88. The fraction of sp³-hybridized carbons (Fsp3) is 0. The minimum absolute atomic E-state index is 0.417. The highest BCUT2D eigenvalue weighted by Gasteiger charge is 2.09. The van der Waals surface area contributed by atoms with Crippen molar-refractivity contribution in [3.05, 3.63) is 35.9 Å². The molecule has 1 rings (SSSR count). The first-order valence-corrected chi connectivity index (χ1v) is 3.76. The number of benzene rings is 1. The molecule has 4 heteroatoms. The molecule has 0 radical (unpaired) electrons. The number of hydrogen-bond acceptors (Lipinski definition) is 3. The largest absolute Gasteiger partial charge is 0.488 e. The van der Waals surface area contributed by atoms with Gasteiger partial charge in [-0.25, -0.2) is 0 Å². The summed E-state index contributed by atoms with van der Waals surface area (Å²) in [6.07, 6.45) is 2.94. The molecule has 13 heavy (non-hydrogen) atoms. The van der Waals surface area contributed by atoms with Crippen LogP contribution in [-0.2, 0) is 0 Å².